The maximum Gasteiger partial charge on any atom is 0.297 e. The van der Waals surface area contributed by atoms with Gasteiger partial charge in [0.2, 0.25) is 0 Å². The van der Waals surface area contributed by atoms with E-state index >= 15 is 0 Å². The van der Waals surface area contributed by atoms with Crippen LogP contribution in [0, 0.1) is 0 Å². The van der Waals surface area contributed by atoms with Crippen LogP contribution in [-0.2, 0) is 6.54 Å². The summed E-state index contributed by atoms with van der Waals surface area (Å²) in [5, 5.41) is 5.54. The Morgan fingerprint density at radius 2 is 2.42 bits per heavy atom. The van der Waals surface area contributed by atoms with Crippen molar-refractivity contribution in [3.8, 4) is 0 Å². The summed E-state index contributed by atoms with van der Waals surface area (Å²) in [5.41, 5.74) is 0.979. The van der Waals surface area contributed by atoms with Gasteiger partial charge < -0.3 is 14.6 Å². The van der Waals surface area contributed by atoms with Gasteiger partial charge in [-0.3, -0.25) is 0 Å². The molecule has 0 amide bonds. The summed E-state index contributed by atoms with van der Waals surface area (Å²) in [6.07, 6.45) is 4.34. The van der Waals surface area contributed by atoms with Crippen molar-refractivity contribution >= 4 is 17.4 Å². The highest BCUT2D eigenvalue weighted by molar-refractivity contribution is 7.10. The third kappa shape index (κ3) is 2.98. The lowest BCUT2D eigenvalue weighted by Crippen LogP contribution is -2.21. The zero-order chi connectivity index (χ0) is 13.2. The lowest BCUT2D eigenvalue weighted by atomic mass is 10.2. The number of hydrogen-bond acceptors (Lipinski definition) is 5. The molecular formula is C14H19N3OS. The van der Waals surface area contributed by atoms with Crippen molar-refractivity contribution in [2.24, 2.45) is 0 Å². The smallest absolute Gasteiger partial charge is 0.297 e. The molecule has 1 aliphatic carbocycles. The number of nitrogens with one attached hydrogen (secondary N) is 1. The topological polar surface area (TPSA) is 41.3 Å². The third-order valence-electron chi connectivity index (χ3n) is 3.53. The zero-order valence-corrected chi connectivity index (χ0v) is 12.1. The van der Waals surface area contributed by atoms with Gasteiger partial charge in [-0.25, -0.2) is 0 Å². The van der Waals surface area contributed by atoms with Gasteiger partial charge in [0.05, 0.1) is 11.7 Å². The van der Waals surface area contributed by atoms with Crippen LogP contribution in [0.2, 0.25) is 0 Å². The summed E-state index contributed by atoms with van der Waals surface area (Å²) in [5.74, 6) is 0. The van der Waals surface area contributed by atoms with Crippen molar-refractivity contribution in [2.75, 3.05) is 11.9 Å². The normalized spacial score (nSPS) is 16.5. The van der Waals surface area contributed by atoms with Crippen LogP contribution in [0.3, 0.4) is 0 Å². The number of aromatic nitrogens is 1. The van der Waals surface area contributed by atoms with Crippen LogP contribution in [0.25, 0.3) is 0 Å². The molecule has 0 aromatic carbocycles. The molecule has 1 aliphatic rings. The Kier molecular flexibility index (Phi) is 3.57. The van der Waals surface area contributed by atoms with Crippen LogP contribution >= 0.6 is 11.3 Å². The van der Waals surface area contributed by atoms with E-state index in [1.807, 2.05) is 7.05 Å². The van der Waals surface area contributed by atoms with Gasteiger partial charge in [0.1, 0.15) is 6.26 Å². The molecule has 3 rings (SSSR count). The number of hydrogen-bond donors (Lipinski definition) is 1. The van der Waals surface area contributed by atoms with E-state index in [0.717, 1.165) is 12.2 Å². The quantitative estimate of drug-likeness (QED) is 0.880. The summed E-state index contributed by atoms with van der Waals surface area (Å²) in [4.78, 5) is 7.94. The Bertz CT molecular complexity index is 519. The highest BCUT2D eigenvalue weighted by atomic mass is 32.1. The van der Waals surface area contributed by atoms with Gasteiger partial charge in [-0.05, 0) is 31.2 Å². The van der Waals surface area contributed by atoms with Crippen molar-refractivity contribution in [3.05, 3.63) is 34.3 Å². The van der Waals surface area contributed by atoms with Gasteiger partial charge in [0.15, 0.2) is 0 Å². The average molecular weight is 277 g/mol. The first-order valence-electron chi connectivity index (χ1n) is 6.68. The summed E-state index contributed by atoms with van der Waals surface area (Å²) in [7, 11) is 2.02. The molecule has 5 heteroatoms. The average Bonchev–Trinajstić information content (AvgIpc) is 2.94. The van der Waals surface area contributed by atoms with E-state index in [4.69, 9.17) is 4.42 Å². The fourth-order valence-corrected chi connectivity index (χ4v) is 2.79. The minimum atomic E-state index is 0.280. The predicted octanol–water partition coefficient (Wildman–Crippen LogP) is 3.19. The first kappa shape index (κ1) is 12.7. The molecule has 1 N–H and O–H groups in total. The van der Waals surface area contributed by atoms with Crippen LogP contribution < -0.4 is 10.2 Å². The van der Waals surface area contributed by atoms with Gasteiger partial charge in [0.25, 0.3) is 6.01 Å². The number of oxazole rings is 1. The van der Waals surface area contributed by atoms with Crippen molar-refractivity contribution in [3.63, 3.8) is 0 Å². The van der Waals surface area contributed by atoms with Crippen LogP contribution in [0.5, 0.6) is 0 Å². The number of nitrogens with zero attached hydrogens (tertiary/aromatic N) is 2. The molecule has 0 aliphatic heterocycles. The molecule has 19 heavy (non-hydrogen) atoms. The van der Waals surface area contributed by atoms with Gasteiger partial charge in [0, 0.05) is 24.5 Å². The molecule has 1 atom stereocenters. The molecule has 1 unspecified atom stereocenters. The predicted molar refractivity (Wildman–Crippen MR) is 77.5 cm³/mol. The standard InChI is InChI=1S/C14H19N3OS/c1-10(13-4-3-7-19-13)17(2)14-16-12(9-18-14)8-15-11-5-6-11/h3-4,7,9-11,15H,5-6,8H2,1-2H3. The fraction of sp³-hybridized carbons (Fsp3) is 0.500. The molecule has 2 aromatic rings. The maximum atomic E-state index is 5.58. The lowest BCUT2D eigenvalue weighted by Gasteiger charge is -2.21. The first-order chi connectivity index (χ1) is 9.24. The third-order valence-corrected chi connectivity index (χ3v) is 4.57. The second kappa shape index (κ2) is 5.35. The second-order valence-corrected chi connectivity index (χ2v) is 6.06. The van der Waals surface area contributed by atoms with Crippen LogP contribution in [0.15, 0.2) is 28.2 Å². The Balaban J connectivity index is 1.63. The fourth-order valence-electron chi connectivity index (χ4n) is 1.96. The van der Waals surface area contributed by atoms with E-state index in [9.17, 15) is 0 Å². The number of anilines is 1. The van der Waals surface area contributed by atoms with Crippen molar-refractivity contribution in [1.82, 2.24) is 10.3 Å². The molecule has 4 nitrogen and oxygen atoms in total. The summed E-state index contributed by atoms with van der Waals surface area (Å²) < 4.78 is 5.58. The molecule has 1 saturated carbocycles. The van der Waals surface area contributed by atoms with Crippen LogP contribution in [-0.4, -0.2) is 18.1 Å². The van der Waals surface area contributed by atoms with E-state index in [1.165, 1.54) is 17.7 Å². The first-order valence-corrected chi connectivity index (χ1v) is 7.56. The minimum absolute atomic E-state index is 0.280. The molecular weight excluding hydrogens is 258 g/mol. The Hall–Kier alpha value is -1.33. The molecule has 102 valence electrons. The molecule has 1 fully saturated rings. The second-order valence-electron chi connectivity index (χ2n) is 5.08. The Morgan fingerprint density at radius 1 is 1.58 bits per heavy atom. The monoisotopic (exact) mass is 277 g/mol. The van der Waals surface area contributed by atoms with Crippen molar-refractivity contribution in [2.45, 2.75) is 38.4 Å². The number of thiophene rings is 1. The van der Waals surface area contributed by atoms with Crippen LogP contribution in [0.4, 0.5) is 6.01 Å². The molecule has 0 spiro atoms. The van der Waals surface area contributed by atoms with Crippen molar-refractivity contribution < 1.29 is 4.42 Å². The van der Waals surface area contributed by atoms with Crippen LogP contribution in [0.1, 0.15) is 36.4 Å². The van der Waals surface area contributed by atoms with E-state index in [0.29, 0.717) is 12.1 Å². The number of rotatable bonds is 6. The van der Waals surface area contributed by atoms with E-state index < -0.39 is 0 Å². The summed E-state index contributed by atoms with van der Waals surface area (Å²) in [6.45, 7) is 2.97. The van der Waals surface area contributed by atoms with Gasteiger partial charge in [-0.15, -0.1) is 11.3 Å². The lowest BCUT2D eigenvalue weighted by molar-refractivity contribution is 0.526. The Labute approximate surface area is 117 Å². The molecule has 0 bridgehead atoms. The van der Waals surface area contributed by atoms with Crippen molar-refractivity contribution in [1.29, 1.82) is 0 Å². The van der Waals surface area contributed by atoms with Gasteiger partial charge in [-0.1, -0.05) is 6.07 Å². The highest BCUT2D eigenvalue weighted by Gasteiger charge is 2.21. The zero-order valence-electron chi connectivity index (χ0n) is 11.3. The Morgan fingerprint density at radius 3 is 3.11 bits per heavy atom. The molecule has 0 saturated heterocycles. The molecule has 2 aromatic heterocycles. The maximum absolute atomic E-state index is 5.58. The summed E-state index contributed by atoms with van der Waals surface area (Å²) >= 11 is 1.76. The molecule has 2 heterocycles. The minimum Gasteiger partial charge on any atom is -0.432 e. The highest BCUT2D eigenvalue weighted by Crippen LogP contribution is 2.27. The van der Waals surface area contributed by atoms with E-state index in [1.54, 1.807) is 17.6 Å². The SMILES string of the molecule is CC(c1cccs1)N(C)c1nc(CNC2CC2)co1. The van der Waals surface area contributed by atoms with E-state index in [2.05, 4.69) is 39.6 Å². The van der Waals surface area contributed by atoms with Gasteiger partial charge in [-0.2, -0.15) is 4.98 Å². The summed E-state index contributed by atoms with van der Waals surface area (Å²) in [6, 6.07) is 5.88. The van der Waals surface area contributed by atoms with E-state index in [-0.39, 0.29) is 6.04 Å². The van der Waals surface area contributed by atoms with Gasteiger partial charge >= 0.3 is 0 Å². The largest absolute Gasteiger partial charge is 0.432 e. The molecule has 0 radical (unpaired) electrons.